The summed E-state index contributed by atoms with van der Waals surface area (Å²) in [4.78, 5) is 0. The molecule has 0 aromatic rings. The first-order valence-corrected chi connectivity index (χ1v) is 6.65. The SMILES string of the molecule is C=COCCCNC(C)CS(C)(=O)=O. The Hall–Kier alpha value is -0.550. The zero-order chi connectivity index (χ0) is 11.0. The molecule has 1 unspecified atom stereocenters. The Morgan fingerprint density at radius 1 is 1.57 bits per heavy atom. The van der Waals surface area contributed by atoms with E-state index in [0.29, 0.717) is 6.61 Å². The highest BCUT2D eigenvalue weighted by Crippen LogP contribution is 1.90. The van der Waals surface area contributed by atoms with Crippen LogP contribution in [-0.2, 0) is 14.6 Å². The van der Waals surface area contributed by atoms with Gasteiger partial charge in [0.1, 0.15) is 9.84 Å². The van der Waals surface area contributed by atoms with Crippen molar-refractivity contribution in [3.05, 3.63) is 12.8 Å². The highest BCUT2D eigenvalue weighted by Gasteiger charge is 2.08. The van der Waals surface area contributed by atoms with Crippen LogP contribution in [0.3, 0.4) is 0 Å². The first-order valence-electron chi connectivity index (χ1n) is 4.59. The van der Waals surface area contributed by atoms with Crippen molar-refractivity contribution in [3.8, 4) is 0 Å². The van der Waals surface area contributed by atoms with Crippen LogP contribution in [0, 0.1) is 0 Å². The summed E-state index contributed by atoms with van der Waals surface area (Å²) in [5, 5.41) is 3.10. The lowest BCUT2D eigenvalue weighted by Gasteiger charge is -2.11. The summed E-state index contributed by atoms with van der Waals surface area (Å²) in [6, 6.07) is -0.00580. The second-order valence-electron chi connectivity index (χ2n) is 3.34. The van der Waals surface area contributed by atoms with Crippen LogP contribution in [0.1, 0.15) is 13.3 Å². The maximum atomic E-state index is 10.9. The van der Waals surface area contributed by atoms with E-state index < -0.39 is 9.84 Å². The van der Waals surface area contributed by atoms with Crippen molar-refractivity contribution >= 4 is 9.84 Å². The summed E-state index contributed by atoms with van der Waals surface area (Å²) in [5.41, 5.74) is 0. The number of hydrogen-bond donors (Lipinski definition) is 1. The van der Waals surface area contributed by atoms with Gasteiger partial charge in [-0.3, -0.25) is 0 Å². The van der Waals surface area contributed by atoms with Gasteiger partial charge in [-0.1, -0.05) is 6.58 Å². The van der Waals surface area contributed by atoms with Gasteiger partial charge in [-0.25, -0.2) is 8.42 Å². The standard InChI is InChI=1S/C9H19NO3S/c1-4-13-7-5-6-10-9(2)8-14(3,11)12/h4,9-10H,1,5-8H2,2-3H3. The van der Waals surface area contributed by atoms with Gasteiger partial charge >= 0.3 is 0 Å². The van der Waals surface area contributed by atoms with Gasteiger partial charge in [0.25, 0.3) is 0 Å². The van der Waals surface area contributed by atoms with Gasteiger partial charge in [0.2, 0.25) is 0 Å². The number of ether oxygens (including phenoxy) is 1. The van der Waals surface area contributed by atoms with Crippen LogP contribution in [0.4, 0.5) is 0 Å². The van der Waals surface area contributed by atoms with Crippen molar-refractivity contribution in [2.45, 2.75) is 19.4 Å². The topological polar surface area (TPSA) is 55.4 Å². The zero-order valence-corrected chi connectivity index (χ0v) is 9.64. The molecule has 0 aliphatic rings. The summed E-state index contributed by atoms with van der Waals surface area (Å²) >= 11 is 0. The van der Waals surface area contributed by atoms with Gasteiger partial charge < -0.3 is 10.1 Å². The molecule has 14 heavy (non-hydrogen) atoms. The zero-order valence-electron chi connectivity index (χ0n) is 8.82. The minimum atomic E-state index is -2.88. The van der Waals surface area contributed by atoms with Crippen LogP contribution in [0.2, 0.25) is 0 Å². The molecule has 0 bridgehead atoms. The second kappa shape index (κ2) is 6.84. The van der Waals surface area contributed by atoms with E-state index in [0.717, 1.165) is 13.0 Å². The fourth-order valence-corrected chi connectivity index (χ4v) is 2.13. The van der Waals surface area contributed by atoms with Gasteiger partial charge in [0.05, 0.1) is 18.6 Å². The van der Waals surface area contributed by atoms with E-state index in [1.165, 1.54) is 12.5 Å². The molecule has 0 spiro atoms. The molecule has 0 heterocycles. The molecule has 4 nitrogen and oxygen atoms in total. The molecule has 0 saturated carbocycles. The van der Waals surface area contributed by atoms with E-state index in [2.05, 4.69) is 11.9 Å². The maximum Gasteiger partial charge on any atom is 0.148 e. The summed E-state index contributed by atoms with van der Waals surface area (Å²) in [6.45, 7) is 6.64. The van der Waals surface area contributed by atoms with E-state index in [9.17, 15) is 8.42 Å². The molecule has 0 radical (unpaired) electrons. The Bertz CT molecular complexity index is 249. The third-order valence-electron chi connectivity index (χ3n) is 1.60. The molecule has 1 N–H and O–H groups in total. The van der Waals surface area contributed by atoms with Gasteiger partial charge in [-0.2, -0.15) is 0 Å². The highest BCUT2D eigenvalue weighted by atomic mass is 32.2. The fourth-order valence-electron chi connectivity index (χ4n) is 1.10. The molecule has 0 amide bonds. The Kier molecular flexibility index (Phi) is 6.57. The average Bonchev–Trinajstić information content (AvgIpc) is 2.00. The molecule has 0 fully saturated rings. The molecule has 0 rings (SSSR count). The van der Waals surface area contributed by atoms with Crippen molar-refractivity contribution in [2.75, 3.05) is 25.2 Å². The van der Waals surface area contributed by atoms with Crippen LogP contribution in [0.5, 0.6) is 0 Å². The van der Waals surface area contributed by atoms with Crippen LogP contribution in [0.15, 0.2) is 12.8 Å². The third-order valence-corrected chi connectivity index (χ3v) is 2.71. The second-order valence-corrected chi connectivity index (χ2v) is 5.52. The van der Waals surface area contributed by atoms with Crippen LogP contribution in [0.25, 0.3) is 0 Å². The van der Waals surface area contributed by atoms with E-state index in [4.69, 9.17) is 4.74 Å². The van der Waals surface area contributed by atoms with E-state index in [-0.39, 0.29) is 11.8 Å². The fraction of sp³-hybridized carbons (Fsp3) is 0.778. The summed E-state index contributed by atoms with van der Waals surface area (Å²) in [6.07, 6.45) is 3.49. The lowest BCUT2D eigenvalue weighted by molar-refractivity contribution is 0.243. The first-order chi connectivity index (χ1) is 6.45. The molecule has 0 aliphatic heterocycles. The first kappa shape index (κ1) is 13.4. The van der Waals surface area contributed by atoms with Crippen LogP contribution in [-0.4, -0.2) is 39.6 Å². The summed E-state index contributed by atoms with van der Waals surface area (Å²) in [5.74, 6) is 0.176. The van der Waals surface area contributed by atoms with Crippen molar-refractivity contribution in [3.63, 3.8) is 0 Å². The smallest absolute Gasteiger partial charge is 0.148 e. The number of rotatable bonds is 8. The van der Waals surface area contributed by atoms with Gasteiger partial charge in [-0.05, 0) is 19.9 Å². The monoisotopic (exact) mass is 221 g/mol. The van der Waals surface area contributed by atoms with Gasteiger partial charge in [0.15, 0.2) is 0 Å². The molecular weight excluding hydrogens is 202 g/mol. The maximum absolute atomic E-state index is 10.9. The predicted molar refractivity (Wildman–Crippen MR) is 57.9 cm³/mol. The average molecular weight is 221 g/mol. The van der Waals surface area contributed by atoms with E-state index >= 15 is 0 Å². The third kappa shape index (κ3) is 9.54. The normalized spacial score (nSPS) is 13.6. The molecule has 5 heteroatoms. The van der Waals surface area contributed by atoms with Crippen LogP contribution >= 0.6 is 0 Å². The van der Waals surface area contributed by atoms with Crippen molar-refractivity contribution in [1.82, 2.24) is 5.32 Å². The molecule has 0 saturated heterocycles. The van der Waals surface area contributed by atoms with E-state index in [1.807, 2.05) is 6.92 Å². The van der Waals surface area contributed by atoms with Crippen LogP contribution < -0.4 is 5.32 Å². The number of sulfone groups is 1. The van der Waals surface area contributed by atoms with Crippen molar-refractivity contribution < 1.29 is 13.2 Å². The molecule has 84 valence electrons. The Morgan fingerprint density at radius 2 is 2.21 bits per heavy atom. The Balaban J connectivity index is 3.45. The minimum absolute atomic E-state index is 0.00580. The molecule has 1 atom stereocenters. The van der Waals surface area contributed by atoms with E-state index in [1.54, 1.807) is 0 Å². The van der Waals surface area contributed by atoms with Crippen molar-refractivity contribution in [1.29, 1.82) is 0 Å². The molecule has 0 aromatic heterocycles. The number of nitrogens with one attached hydrogen (secondary N) is 1. The quantitative estimate of drug-likeness (QED) is 0.480. The highest BCUT2D eigenvalue weighted by molar-refractivity contribution is 7.90. The summed E-state index contributed by atoms with van der Waals surface area (Å²) in [7, 11) is -2.88. The lowest BCUT2D eigenvalue weighted by Crippen LogP contribution is -2.33. The lowest BCUT2D eigenvalue weighted by atomic mass is 10.3. The predicted octanol–water partition coefficient (Wildman–Crippen LogP) is 0.559. The minimum Gasteiger partial charge on any atom is -0.502 e. The number of hydrogen-bond acceptors (Lipinski definition) is 4. The van der Waals surface area contributed by atoms with Gasteiger partial charge in [-0.15, -0.1) is 0 Å². The molecular formula is C9H19NO3S. The Labute approximate surface area is 86.3 Å². The molecule has 0 aliphatic carbocycles. The largest absolute Gasteiger partial charge is 0.502 e. The van der Waals surface area contributed by atoms with Gasteiger partial charge in [0, 0.05) is 12.3 Å². The molecule has 0 aromatic carbocycles. The van der Waals surface area contributed by atoms with Crippen molar-refractivity contribution in [2.24, 2.45) is 0 Å². The Morgan fingerprint density at radius 3 is 2.71 bits per heavy atom. The summed E-state index contributed by atoms with van der Waals surface area (Å²) < 4.78 is 26.7.